The molecule has 1 aromatic heterocycles. The van der Waals surface area contributed by atoms with Crippen LogP contribution in [0.1, 0.15) is 30.5 Å². The van der Waals surface area contributed by atoms with Crippen molar-refractivity contribution in [1.29, 1.82) is 0 Å². The van der Waals surface area contributed by atoms with E-state index >= 15 is 0 Å². The van der Waals surface area contributed by atoms with Crippen molar-refractivity contribution in [1.82, 2.24) is 4.57 Å². The minimum Gasteiger partial charge on any atom is -0.507 e. The van der Waals surface area contributed by atoms with E-state index in [1.165, 1.54) is 0 Å². The molecule has 0 saturated heterocycles. The average molecular weight is 691 g/mol. The van der Waals surface area contributed by atoms with Crippen LogP contribution in [0.3, 0.4) is 0 Å². The second-order valence-electron chi connectivity index (χ2n) is 13.7. The number of anilines is 1. The van der Waals surface area contributed by atoms with Gasteiger partial charge in [0.2, 0.25) is 5.88 Å². The fraction of sp³-hybridized carbons (Fsp3) is 0.0833. The fourth-order valence-corrected chi connectivity index (χ4v) is 8.06. The van der Waals surface area contributed by atoms with Crippen LogP contribution in [0, 0.1) is 0 Å². The molecule has 9 rings (SSSR count). The predicted molar refractivity (Wildman–Crippen MR) is 216 cm³/mol. The minimum absolute atomic E-state index is 0.139. The first-order valence-electron chi connectivity index (χ1n) is 18.1. The number of hydrogen-bond acceptors (Lipinski definition) is 4. The molecule has 5 heteroatoms. The van der Waals surface area contributed by atoms with E-state index in [0.29, 0.717) is 30.5 Å². The Hall–Kier alpha value is -6.72. The highest BCUT2D eigenvalue weighted by molar-refractivity contribution is 5.97. The van der Waals surface area contributed by atoms with Crippen molar-refractivity contribution in [2.24, 2.45) is 0 Å². The summed E-state index contributed by atoms with van der Waals surface area (Å²) < 4.78 is 2.33. The summed E-state index contributed by atoms with van der Waals surface area (Å²) >= 11 is 0. The number of allylic oxidation sites excluding steroid dienone is 5. The van der Waals surface area contributed by atoms with Crippen molar-refractivity contribution >= 4 is 22.7 Å². The number of rotatable bonds is 5. The maximum absolute atomic E-state index is 12.1. The van der Waals surface area contributed by atoms with Gasteiger partial charge in [-0.1, -0.05) is 122 Å². The maximum Gasteiger partial charge on any atom is 0.240 e. The molecular formula is C48H38N2O3. The third kappa shape index (κ3) is 5.49. The van der Waals surface area contributed by atoms with Crippen LogP contribution in [-0.2, 0) is 6.42 Å². The third-order valence-electron chi connectivity index (χ3n) is 10.7. The van der Waals surface area contributed by atoms with Crippen molar-refractivity contribution in [3.8, 4) is 27.9 Å². The number of aliphatic hydroxyl groups is 3. The summed E-state index contributed by atoms with van der Waals surface area (Å²) in [5.74, 6) is -0.856. The minimum atomic E-state index is -0.384. The summed E-state index contributed by atoms with van der Waals surface area (Å²) in [5, 5.41) is 37.2. The Morgan fingerprint density at radius 2 is 1.21 bits per heavy atom. The van der Waals surface area contributed by atoms with Gasteiger partial charge in [0.25, 0.3) is 0 Å². The van der Waals surface area contributed by atoms with E-state index in [2.05, 4.69) is 102 Å². The quantitative estimate of drug-likeness (QED) is 0.168. The van der Waals surface area contributed by atoms with Crippen LogP contribution < -0.4 is 4.90 Å². The molecule has 5 nitrogen and oxygen atoms in total. The van der Waals surface area contributed by atoms with Gasteiger partial charge in [-0.15, -0.1) is 0 Å². The van der Waals surface area contributed by atoms with E-state index in [9.17, 15) is 15.3 Å². The highest BCUT2D eigenvalue weighted by atomic mass is 16.3. The van der Waals surface area contributed by atoms with Gasteiger partial charge < -0.3 is 19.9 Å². The van der Waals surface area contributed by atoms with E-state index in [0.717, 1.165) is 73.4 Å². The molecule has 2 heterocycles. The number of fused-ring (bicyclic) bond motifs is 3. The Morgan fingerprint density at radius 1 is 0.585 bits per heavy atom. The molecule has 53 heavy (non-hydrogen) atoms. The summed E-state index contributed by atoms with van der Waals surface area (Å²) in [6.07, 6.45) is 8.62. The Balaban J connectivity index is 1.21. The SMILES string of the molecule is C=C1C(O)=C(C2=Cc3c(n(-c4ccccc4)c4cc(-c5ccccc5)ccc34)CC2)/C(O)=C(/O)N(c2ccc(-c3ccccc3)cc2)C2=C1C=CCC2. The Kier molecular flexibility index (Phi) is 7.97. The van der Waals surface area contributed by atoms with Gasteiger partial charge in [0, 0.05) is 44.9 Å². The van der Waals surface area contributed by atoms with Gasteiger partial charge >= 0.3 is 0 Å². The monoisotopic (exact) mass is 690 g/mol. The Morgan fingerprint density at radius 3 is 1.91 bits per heavy atom. The zero-order chi connectivity index (χ0) is 36.1. The van der Waals surface area contributed by atoms with Gasteiger partial charge in [0.15, 0.2) is 5.76 Å². The molecule has 0 radical (unpaired) electrons. The van der Waals surface area contributed by atoms with Gasteiger partial charge in [-0.25, -0.2) is 0 Å². The van der Waals surface area contributed by atoms with Crippen LogP contribution in [0.5, 0.6) is 0 Å². The maximum atomic E-state index is 12.1. The van der Waals surface area contributed by atoms with Gasteiger partial charge in [0.1, 0.15) is 5.76 Å². The lowest BCUT2D eigenvalue weighted by Crippen LogP contribution is -2.28. The largest absolute Gasteiger partial charge is 0.507 e. The van der Waals surface area contributed by atoms with Crippen molar-refractivity contribution in [2.45, 2.75) is 25.7 Å². The molecule has 0 bridgehead atoms. The number of aromatic nitrogens is 1. The summed E-state index contributed by atoms with van der Waals surface area (Å²) in [5.41, 5.74) is 12.2. The lowest BCUT2D eigenvalue weighted by atomic mass is 9.85. The number of aliphatic hydroxyl groups excluding tert-OH is 3. The second-order valence-corrected chi connectivity index (χ2v) is 13.7. The fourth-order valence-electron chi connectivity index (χ4n) is 8.06. The third-order valence-corrected chi connectivity index (χ3v) is 10.7. The normalized spacial score (nSPS) is 17.4. The summed E-state index contributed by atoms with van der Waals surface area (Å²) in [6.45, 7) is 4.35. The molecule has 5 aromatic carbocycles. The number of hydrogen-bond donors (Lipinski definition) is 3. The van der Waals surface area contributed by atoms with E-state index in [1.807, 2.05) is 60.7 Å². The Labute approximate surface area is 309 Å². The predicted octanol–water partition coefficient (Wildman–Crippen LogP) is 12.1. The molecule has 1 aliphatic heterocycles. The van der Waals surface area contributed by atoms with Crippen molar-refractivity contribution in [2.75, 3.05) is 4.90 Å². The first-order valence-corrected chi connectivity index (χ1v) is 18.1. The lowest BCUT2D eigenvalue weighted by molar-refractivity contribution is 0.316. The molecular weight excluding hydrogens is 653 g/mol. The standard InChI is InChI=1S/C48H38N2O3/c1-31-39-19-11-12-20-42(39)50(38-25-21-34(22-26-38)32-13-5-2-6-14-32)48(53)47(52)45(46(31)51)36-24-28-43-41(29-36)40-27-23-35(33-15-7-3-8-16-33)30-44(40)49(43)37-17-9-4-10-18-37/h2-11,13-19,21-23,25-27,29-30,51-53H,1,12,20,24,28H2/b46-45?,48-47-. The van der Waals surface area contributed by atoms with Gasteiger partial charge in [-0.2, -0.15) is 0 Å². The van der Waals surface area contributed by atoms with Crippen LogP contribution in [0.2, 0.25) is 0 Å². The van der Waals surface area contributed by atoms with Crippen molar-refractivity contribution in [3.63, 3.8) is 0 Å². The van der Waals surface area contributed by atoms with Gasteiger partial charge in [-0.3, -0.25) is 4.90 Å². The van der Waals surface area contributed by atoms with Crippen LogP contribution in [-0.4, -0.2) is 19.9 Å². The summed E-state index contributed by atoms with van der Waals surface area (Å²) in [7, 11) is 0. The first-order chi connectivity index (χ1) is 26.0. The summed E-state index contributed by atoms with van der Waals surface area (Å²) in [6, 6.07) is 45.4. The molecule has 2 aliphatic carbocycles. The molecule has 258 valence electrons. The van der Waals surface area contributed by atoms with Crippen LogP contribution in [0.25, 0.3) is 44.9 Å². The second kappa shape index (κ2) is 13.1. The molecule has 0 fully saturated rings. The summed E-state index contributed by atoms with van der Waals surface area (Å²) in [4.78, 5) is 1.71. The smallest absolute Gasteiger partial charge is 0.240 e. The molecule has 0 amide bonds. The molecule has 3 N–H and O–H groups in total. The number of para-hydroxylation sites is 1. The van der Waals surface area contributed by atoms with Crippen LogP contribution in [0.4, 0.5) is 5.69 Å². The Bertz CT molecular complexity index is 2570. The number of nitrogens with zero attached hydrogens (tertiary/aromatic N) is 2. The molecule has 0 spiro atoms. The highest BCUT2D eigenvalue weighted by Gasteiger charge is 2.34. The zero-order valence-electron chi connectivity index (χ0n) is 29.2. The van der Waals surface area contributed by atoms with E-state index in [1.54, 1.807) is 4.90 Å². The average Bonchev–Trinajstić information content (AvgIpc) is 3.54. The van der Waals surface area contributed by atoms with E-state index < -0.39 is 0 Å². The molecule has 0 atom stereocenters. The molecule has 0 unspecified atom stereocenters. The first kappa shape index (κ1) is 32.2. The van der Waals surface area contributed by atoms with Gasteiger partial charge in [-0.05, 0) is 89.9 Å². The van der Waals surface area contributed by atoms with Crippen molar-refractivity contribution in [3.05, 3.63) is 209 Å². The molecule has 0 saturated carbocycles. The molecule has 3 aliphatic rings. The van der Waals surface area contributed by atoms with E-state index in [-0.39, 0.29) is 23.0 Å². The van der Waals surface area contributed by atoms with E-state index in [4.69, 9.17) is 0 Å². The zero-order valence-corrected chi connectivity index (χ0v) is 29.2. The highest BCUT2D eigenvalue weighted by Crippen LogP contribution is 2.45. The van der Waals surface area contributed by atoms with Gasteiger partial charge in [0.05, 0.1) is 11.1 Å². The van der Waals surface area contributed by atoms with Crippen molar-refractivity contribution < 1.29 is 15.3 Å². The molecule has 6 aromatic rings. The lowest BCUT2D eigenvalue weighted by Gasteiger charge is -2.33. The topological polar surface area (TPSA) is 68.9 Å². The number of benzene rings is 5. The van der Waals surface area contributed by atoms with Crippen LogP contribution in [0.15, 0.2) is 198 Å². The van der Waals surface area contributed by atoms with Crippen LogP contribution >= 0.6 is 0 Å².